The Balaban J connectivity index is 0.000000750. The Kier molecular flexibility index (Phi) is 1.96. The van der Waals surface area contributed by atoms with Crippen LogP contribution in [-0.4, -0.2) is 17.3 Å². The van der Waals surface area contributed by atoms with Gasteiger partial charge in [-0.3, -0.25) is 4.79 Å². The third-order valence-corrected chi connectivity index (χ3v) is 2.88. The highest BCUT2D eigenvalue weighted by molar-refractivity contribution is 6.52. The zero-order valence-electron chi connectivity index (χ0n) is 7.43. The van der Waals surface area contributed by atoms with Crippen molar-refractivity contribution in [3.05, 3.63) is 11.6 Å². The van der Waals surface area contributed by atoms with Crippen molar-refractivity contribution in [3.63, 3.8) is 0 Å². The Morgan fingerprint density at radius 2 is 2.29 bits per heavy atom. The molecule has 14 heavy (non-hydrogen) atoms. The summed E-state index contributed by atoms with van der Waals surface area (Å²) >= 11 is 0. The van der Waals surface area contributed by atoms with E-state index in [-0.39, 0.29) is 12.4 Å². The van der Waals surface area contributed by atoms with E-state index in [9.17, 15) is 4.79 Å². The molecule has 0 aromatic heterocycles. The Morgan fingerprint density at radius 3 is 3.00 bits per heavy atom. The number of hydrogen-bond acceptors (Lipinski definition) is 3. The van der Waals surface area contributed by atoms with Gasteiger partial charge >= 0.3 is 0 Å². The fourth-order valence-corrected chi connectivity index (χ4v) is 2.03. The van der Waals surface area contributed by atoms with E-state index in [1.165, 1.54) is 6.42 Å². The van der Waals surface area contributed by atoms with Gasteiger partial charge in [0.25, 0.3) is 5.91 Å². The maximum atomic E-state index is 11.0. The molecule has 1 heterocycles. The number of nitrogens with two attached hydrogens (primary N) is 1. The molecule has 0 saturated heterocycles. The molecule has 1 fully saturated rings. The van der Waals surface area contributed by atoms with E-state index >= 15 is 0 Å². The van der Waals surface area contributed by atoms with Gasteiger partial charge in [-0.05, 0) is 24.7 Å². The van der Waals surface area contributed by atoms with E-state index in [2.05, 4.69) is 16.3 Å². The zero-order chi connectivity index (χ0) is 9.00. The quantitative estimate of drug-likeness (QED) is 0.681. The molecule has 1 saturated carbocycles. The highest BCUT2D eigenvalue weighted by atomic mass is 35.5. The number of carbonyl (C=O) groups excluding carboxylic acids is 1. The van der Waals surface area contributed by atoms with Crippen LogP contribution < -0.4 is 5.73 Å². The molecule has 0 spiro atoms. The number of hydrogen-bond donors (Lipinski definition) is 1. The van der Waals surface area contributed by atoms with Gasteiger partial charge in [-0.1, -0.05) is 6.08 Å². The first-order valence-electron chi connectivity index (χ1n) is 4.42. The molecule has 1 amide bonds. The van der Waals surface area contributed by atoms with Gasteiger partial charge in [0.05, 0.1) is 5.71 Å². The van der Waals surface area contributed by atoms with Crippen LogP contribution in [0.4, 0.5) is 0 Å². The molecule has 3 rings (SSSR count). The molecule has 5 heteroatoms. The fourth-order valence-electron chi connectivity index (χ4n) is 2.03. The average molecular weight is 212 g/mol. The van der Waals surface area contributed by atoms with Crippen LogP contribution in [0.2, 0.25) is 0 Å². The first-order chi connectivity index (χ1) is 6.25. The standard InChI is InChI=1S/C9H9N3O.ClH/c10-9(13)8-6-2-4-1-5(4)3-7(6)11-12-8;/h2,4-5H,1,3H2,(H2,10,13);1H. The second-order valence-corrected chi connectivity index (χ2v) is 3.80. The Bertz CT molecular complexity index is 397. The molecular weight excluding hydrogens is 202 g/mol. The van der Waals surface area contributed by atoms with Crippen molar-refractivity contribution in [3.8, 4) is 0 Å². The zero-order valence-corrected chi connectivity index (χ0v) is 8.25. The molecule has 2 atom stereocenters. The van der Waals surface area contributed by atoms with Crippen molar-refractivity contribution >= 4 is 29.7 Å². The lowest BCUT2D eigenvalue weighted by molar-refractivity contribution is -0.111. The van der Waals surface area contributed by atoms with Crippen molar-refractivity contribution < 1.29 is 4.79 Å². The van der Waals surface area contributed by atoms with E-state index in [4.69, 9.17) is 5.73 Å². The highest BCUT2D eigenvalue weighted by Gasteiger charge is 2.43. The maximum Gasteiger partial charge on any atom is 0.269 e. The van der Waals surface area contributed by atoms with Crippen molar-refractivity contribution in [2.45, 2.75) is 12.8 Å². The second-order valence-electron chi connectivity index (χ2n) is 3.80. The molecule has 3 aliphatic rings. The van der Waals surface area contributed by atoms with Crippen LogP contribution >= 0.6 is 12.4 Å². The Labute approximate surface area is 87.4 Å². The van der Waals surface area contributed by atoms with Crippen LogP contribution in [-0.2, 0) is 4.79 Å². The molecule has 0 aromatic rings. The van der Waals surface area contributed by atoms with E-state index in [0.717, 1.165) is 23.6 Å². The minimum Gasteiger partial charge on any atom is -0.364 e. The summed E-state index contributed by atoms with van der Waals surface area (Å²) in [5.41, 5.74) is 7.37. The van der Waals surface area contributed by atoms with Crippen LogP contribution in [0.3, 0.4) is 0 Å². The van der Waals surface area contributed by atoms with Gasteiger partial charge in [0.2, 0.25) is 0 Å². The van der Waals surface area contributed by atoms with Gasteiger partial charge < -0.3 is 5.73 Å². The fraction of sp³-hybridized carbons (Fsp3) is 0.444. The summed E-state index contributed by atoms with van der Waals surface area (Å²) in [6.45, 7) is 0. The molecule has 1 aliphatic heterocycles. The predicted molar refractivity (Wildman–Crippen MR) is 55.6 cm³/mol. The van der Waals surface area contributed by atoms with Gasteiger partial charge in [0, 0.05) is 5.57 Å². The summed E-state index contributed by atoms with van der Waals surface area (Å²) in [7, 11) is 0. The molecule has 2 aliphatic carbocycles. The van der Waals surface area contributed by atoms with E-state index < -0.39 is 5.91 Å². The summed E-state index contributed by atoms with van der Waals surface area (Å²) in [6, 6.07) is 0. The molecule has 0 bridgehead atoms. The number of rotatable bonds is 1. The molecule has 2 N–H and O–H groups in total. The van der Waals surface area contributed by atoms with Crippen molar-refractivity contribution in [1.82, 2.24) is 0 Å². The van der Waals surface area contributed by atoms with Gasteiger partial charge in [-0.25, -0.2) is 0 Å². The smallest absolute Gasteiger partial charge is 0.269 e. The van der Waals surface area contributed by atoms with E-state index in [1.807, 2.05) is 0 Å². The molecule has 4 nitrogen and oxygen atoms in total. The molecular formula is C9H10ClN3O. The number of nitrogens with zero attached hydrogens (tertiary/aromatic N) is 2. The maximum absolute atomic E-state index is 11.0. The minimum atomic E-state index is -0.468. The summed E-state index contributed by atoms with van der Waals surface area (Å²) < 4.78 is 0. The molecule has 2 unspecified atom stereocenters. The second kappa shape index (κ2) is 2.92. The van der Waals surface area contributed by atoms with Crippen LogP contribution in [0.15, 0.2) is 21.9 Å². The SMILES string of the molecule is Cl.NC(=O)C1=NN=C2CC3CC3C=C21. The average Bonchev–Trinajstić information content (AvgIpc) is 2.70. The lowest BCUT2D eigenvalue weighted by atomic mass is 9.94. The predicted octanol–water partition coefficient (Wildman–Crippen LogP) is 0.670. The molecule has 74 valence electrons. The van der Waals surface area contributed by atoms with Gasteiger partial charge in [-0.2, -0.15) is 5.10 Å². The van der Waals surface area contributed by atoms with Crippen molar-refractivity contribution in [1.29, 1.82) is 0 Å². The third kappa shape index (κ3) is 1.18. The topological polar surface area (TPSA) is 67.8 Å². The number of halogens is 1. The molecule has 0 radical (unpaired) electrons. The van der Waals surface area contributed by atoms with Crippen molar-refractivity contribution in [2.75, 3.05) is 0 Å². The van der Waals surface area contributed by atoms with Gasteiger partial charge in [-0.15, -0.1) is 17.5 Å². The van der Waals surface area contributed by atoms with Gasteiger partial charge in [0.15, 0.2) is 5.71 Å². The Morgan fingerprint density at radius 1 is 1.50 bits per heavy atom. The monoisotopic (exact) mass is 211 g/mol. The van der Waals surface area contributed by atoms with Crippen LogP contribution in [0.5, 0.6) is 0 Å². The lowest BCUT2D eigenvalue weighted by Gasteiger charge is -2.08. The summed E-state index contributed by atoms with van der Waals surface area (Å²) in [5.74, 6) is 0.936. The number of allylic oxidation sites excluding steroid dienone is 1. The van der Waals surface area contributed by atoms with E-state index in [1.54, 1.807) is 0 Å². The van der Waals surface area contributed by atoms with Crippen LogP contribution in [0, 0.1) is 11.8 Å². The largest absolute Gasteiger partial charge is 0.364 e. The van der Waals surface area contributed by atoms with Crippen LogP contribution in [0.25, 0.3) is 0 Å². The third-order valence-electron chi connectivity index (χ3n) is 2.88. The number of primary amides is 1. The summed E-state index contributed by atoms with van der Waals surface area (Å²) in [4.78, 5) is 11.0. The van der Waals surface area contributed by atoms with Crippen molar-refractivity contribution in [2.24, 2.45) is 27.8 Å². The molecule has 0 aromatic carbocycles. The number of carbonyl (C=O) groups is 1. The minimum absolute atomic E-state index is 0. The summed E-state index contributed by atoms with van der Waals surface area (Å²) in [5, 5.41) is 7.77. The summed E-state index contributed by atoms with van der Waals surface area (Å²) in [6.07, 6.45) is 4.30. The Hall–Kier alpha value is -1.16. The highest BCUT2D eigenvalue weighted by Crippen LogP contribution is 2.47. The first kappa shape index (κ1) is 9.40. The van der Waals surface area contributed by atoms with Gasteiger partial charge in [0.1, 0.15) is 0 Å². The normalized spacial score (nSPS) is 31.6. The number of fused-ring (bicyclic) bond motifs is 2. The number of amides is 1. The van der Waals surface area contributed by atoms with Crippen LogP contribution in [0.1, 0.15) is 12.8 Å². The lowest BCUT2D eigenvalue weighted by Crippen LogP contribution is -2.26. The van der Waals surface area contributed by atoms with E-state index in [0.29, 0.717) is 11.6 Å². The first-order valence-corrected chi connectivity index (χ1v) is 4.42.